The summed E-state index contributed by atoms with van der Waals surface area (Å²) in [5, 5.41) is 3.09. The van der Waals surface area contributed by atoms with Crippen molar-refractivity contribution in [1.29, 1.82) is 0 Å². The highest BCUT2D eigenvalue weighted by atomic mass is 16.2. The summed E-state index contributed by atoms with van der Waals surface area (Å²) >= 11 is 0. The lowest BCUT2D eigenvalue weighted by Crippen LogP contribution is -2.54. The molecule has 1 saturated heterocycles. The molecule has 0 saturated carbocycles. The number of hydrogen-bond acceptors (Lipinski definition) is 5. The molecule has 2 aromatic rings. The van der Waals surface area contributed by atoms with Crippen LogP contribution in [0.4, 0.5) is 5.82 Å². The molecule has 23 heavy (non-hydrogen) atoms. The van der Waals surface area contributed by atoms with E-state index in [-0.39, 0.29) is 17.5 Å². The molecule has 122 valence electrons. The van der Waals surface area contributed by atoms with Crippen LogP contribution in [0.15, 0.2) is 24.5 Å². The topological polar surface area (TPSA) is 71.0 Å². The van der Waals surface area contributed by atoms with Gasteiger partial charge in [-0.05, 0) is 52.2 Å². The Morgan fingerprint density at radius 2 is 2.00 bits per heavy atom. The van der Waals surface area contributed by atoms with Crippen molar-refractivity contribution in [3.05, 3.63) is 24.5 Å². The molecule has 0 radical (unpaired) electrons. The van der Waals surface area contributed by atoms with Crippen LogP contribution in [0.3, 0.4) is 0 Å². The summed E-state index contributed by atoms with van der Waals surface area (Å²) in [6, 6.07) is 3.67. The molecule has 6 heteroatoms. The van der Waals surface area contributed by atoms with E-state index < -0.39 is 0 Å². The molecule has 1 aliphatic rings. The monoisotopic (exact) mass is 313 g/mol. The average Bonchev–Trinajstić information content (AvgIpc) is 2.53. The predicted molar refractivity (Wildman–Crippen MR) is 90.2 cm³/mol. The molecule has 0 spiro atoms. The number of aromatic nitrogens is 3. The molecule has 6 nitrogen and oxygen atoms in total. The second-order valence-corrected chi connectivity index (χ2v) is 7.01. The van der Waals surface area contributed by atoms with Crippen LogP contribution in [0.5, 0.6) is 0 Å². The predicted octanol–water partition coefficient (Wildman–Crippen LogP) is 2.30. The molecule has 2 aromatic heterocycles. The third-order valence-corrected chi connectivity index (χ3v) is 3.91. The van der Waals surface area contributed by atoms with E-state index >= 15 is 0 Å². The fraction of sp³-hybridized carbons (Fsp3) is 0.529. The summed E-state index contributed by atoms with van der Waals surface area (Å²) in [7, 11) is 0. The summed E-state index contributed by atoms with van der Waals surface area (Å²) in [5.74, 6) is 0.866. The molecule has 3 rings (SSSR count). The SMILES string of the molecule is CC(C)(C)NC(=O)C1CCCCN1c1ccc2nccnc2n1. The van der Waals surface area contributed by atoms with Gasteiger partial charge < -0.3 is 10.2 Å². The molecule has 1 aliphatic heterocycles. The molecule has 0 aliphatic carbocycles. The second-order valence-electron chi connectivity index (χ2n) is 7.01. The standard InChI is InChI=1S/C17H23N5O/c1-17(2,3)21-16(23)13-6-4-5-11-22(13)14-8-7-12-15(20-14)19-10-9-18-12/h7-10,13H,4-6,11H2,1-3H3,(H,21,23). The maximum atomic E-state index is 12.7. The molecule has 1 atom stereocenters. The largest absolute Gasteiger partial charge is 0.350 e. The van der Waals surface area contributed by atoms with Gasteiger partial charge in [-0.1, -0.05) is 0 Å². The Balaban J connectivity index is 1.89. The van der Waals surface area contributed by atoms with Crippen molar-refractivity contribution < 1.29 is 4.79 Å². The van der Waals surface area contributed by atoms with Gasteiger partial charge in [-0.25, -0.2) is 9.97 Å². The van der Waals surface area contributed by atoms with Crippen LogP contribution in [-0.2, 0) is 4.79 Å². The number of amides is 1. The number of hydrogen-bond donors (Lipinski definition) is 1. The number of carbonyl (C=O) groups excluding carboxylic acids is 1. The Kier molecular flexibility index (Phi) is 4.15. The summed E-state index contributed by atoms with van der Waals surface area (Å²) in [5.41, 5.74) is 1.15. The number of carbonyl (C=O) groups is 1. The van der Waals surface area contributed by atoms with E-state index in [9.17, 15) is 4.79 Å². The number of rotatable bonds is 2. The normalized spacial score (nSPS) is 18.9. The molecule has 0 aromatic carbocycles. The zero-order valence-corrected chi connectivity index (χ0v) is 13.9. The average molecular weight is 313 g/mol. The highest BCUT2D eigenvalue weighted by Crippen LogP contribution is 2.25. The highest BCUT2D eigenvalue weighted by molar-refractivity contribution is 5.86. The van der Waals surface area contributed by atoms with Gasteiger partial charge in [-0.2, -0.15) is 0 Å². The number of anilines is 1. The van der Waals surface area contributed by atoms with Gasteiger partial charge in [0.25, 0.3) is 0 Å². The van der Waals surface area contributed by atoms with E-state index in [1.807, 2.05) is 32.9 Å². The molecular weight excluding hydrogens is 290 g/mol. The summed E-state index contributed by atoms with van der Waals surface area (Å²) in [6.45, 7) is 6.84. The van der Waals surface area contributed by atoms with E-state index in [1.54, 1.807) is 12.4 Å². The Bertz CT molecular complexity index is 709. The summed E-state index contributed by atoms with van der Waals surface area (Å²) in [6.07, 6.45) is 6.27. The van der Waals surface area contributed by atoms with Crippen LogP contribution in [-0.4, -0.2) is 39.0 Å². The first-order valence-corrected chi connectivity index (χ1v) is 8.10. The fourth-order valence-electron chi connectivity index (χ4n) is 2.94. The smallest absolute Gasteiger partial charge is 0.243 e. The Labute approximate surface area is 136 Å². The second kappa shape index (κ2) is 6.10. The third-order valence-electron chi connectivity index (χ3n) is 3.91. The van der Waals surface area contributed by atoms with Crippen LogP contribution >= 0.6 is 0 Å². The lowest BCUT2D eigenvalue weighted by Gasteiger charge is -2.37. The lowest BCUT2D eigenvalue weighted by molar-refractivity contribution is -0.124. The first-order valence-electron chi connectivity index (χ1n) is 8.10. The molecule has 0 bridgehead atoms. The van der Waals surface area contributed by atoms with Gasteiger partial charge in [0.15, 0.2) is 5.65 Å². The van der Waals surface area contributed by atoms with Gasteiger partial charge in [0.2, 0.25) is 5.91 Å². The van der Waals surface area contributed by atoms with Crippen molar-refractivity contribution in [2.45, 2.75) is 51.6 Å². The lowest BCUT2D eigenvalue weighted by atomic mass is 9.99. The van der Waals surface area contributed by atoms with Gasteiger partial charge in [-0.15, -0.1) is 0 Å². The van der Waals surface area contributed by atoms with E-state index in [1.165, 1.54) is 0 Å². The molecule has 1 fully saturated rings. The molecule has 1 amide bonds. The number of piperidine rings is 1. The van der Waals surface area contributed by atoms with Gasteiger partial charge in [0.1, 0.15) is 17.4 Å². The zero-order valence-electron chi connectivity index (χ0n) is 13.9. The minimum atomic E-state index is -0.234. The van der Waals surface area contributed by atoms with Crippen molar-refractivity contribution in [1.82, 2.24) is 20.3 Å². The zero-order chi connectivity index (χ0) is 16.4. The Morgan fingerprint density at radius 3 is 2.78 bits per heavy atom. The molecular formula is C17H23N5O. The van der Waals surface area contributed by atoms with Crippen molar-refractivity contribution in [3.63, 3.8) is 0 Å². The quantitative estimate of drug-likeness (QED) is 0.921. The molecule has 3 heterocycles. The van der Waals surface area contributed by atoms with Crippen LogP contribution in [0.2, 0.25) is 0 Å². The third kappa shape index (κ3) is 3.57. The van der Waals surface area contributed by atoms with E-state index in [4.69, 9.17) is 0 Å². The first kappa shape index (κ1) is 15.6. The first-order chi connectivity index (χ1) is 10.9. The number of fused-ring (bicyclic) bond motifs is 1. The van der Waals surface area contributed by atoms with Gasteiger partial charge >= 0.3 is 0 Å². The van der Waals surface area contributed by atoms with E-state index in [0.717, 1.165) is 37.1 Å². The van der Waals surface area contributed by atoms with Gasteiger partial charge in [-0.3, -0.25) is 9.78 Å². The summed E-state index contributed by atoms with van der Waals surface area (Å²) in [4.78, 5) is 27.9. The summed E-state index contributed by atoms with van der Waals surface area (Å²) < 4.78 is 0. The molecule has 1 N–H and O–H groups in total. The van der Waals surface area contributed by atoms with Crippen LogP contribution in [0.1, 0.15) is 40.0 Å². The van der Waals surface area contributed by atoms with Crippen molar-refractivity contribution in [2.24, 2.45) is 0 Å². The molecule has 1 unspecified atom stereocenters. The van der Waals surface area contributed by atoms with Gasteiger partial charge in [0, 0.05) is 24.5 Å². The minimum Gasteiger partial charge on any atom is -0.350 e. The van der Waals surface area contributed by atoms with Gasteiger partial charge in [0.05, 0.1) is 0 Å². The minimum absolute atomic E-state index is 0.0678. The maximum absolute atomic E-state index is 12.7. The highest BCUT2D eigenvalue weighted by Gasteiger charge is 2.31. The van der Waals surface area contributed by atoms with Crippen LogP contribution < -0.4 is 10.2 Å². The van der Waals surface area contributed by atoms with E-state index in [0.29, 0.717) is 5.65 Å². The number of pyridine rings is 1. The fourth-order valence-corrected chi connectivity index (χ4v) is 2.94. The van der Waals surface area contributed by atoms with Crippen molar-refractivity contribution in [3.8, 4) is 0 Å². The van der Waals surface area contributed by atoms with Crippen molar-refractivity contribution >= 4 is 22.9 Å². The number of nitrogens with one attached hydrogen (secondary N) is 1. The number of nitrogens with zero attached hydrogens (tertiary/aromatic N) is 4. The van der Waals surface area contributed by atoms with Crippen LogP contribution in [0.25, 0.3) is 11.2 Å². The Hall–Kier alpha value is -2.24. The Morgan fingerprint density at radius 1 is 1.22 bits per heavy atom. The van der Waals surface area contributed by atoms with Crippen molar-refractivity contribution in [2.75, 3.05) is 11.4 Å². The van der Waals surface area contributed by atoms with E-state index in [2.05, 4.69) is 25.2 Å². The van der Waals surface area contributed by atoms with Crippen LogP contribution in [0, 0.1) is 0 Å². The maximum Gasteiger partial charge on any atom is 0.243 e.